The van der Waals surface area contributed by atoms with E-state index in [2.05, 4.69) is 10.6 Å². The van der Waals surface area contributed by atoms with Gasteiger partial charge in [-0.3, -0.25) is 4.79 Å². The zero-order chi connectivity index (χ0) is 15.9. The van der Waals surface area contributed by atoms with Gasteiger partial charge < -0.3 is 15.4 Å². The molecule has 0 aromatic heterocycles. The van der Waals surface area contributed by atoms with Crippen molar-refractivity contribution < 1.29 is 18.7 Å². The summed E-state index contributed by atoms with van der Waals surface area (Å²) >= 11 is 0. The first kappa shape index (κ1) is 16.9. The van der Waals surface area contributed by atoms with Crippen molar-refractivity contribution in [1.29, 1.82) is 0 Å². The highest BCUT2D eigenvalue weighted by atomic mass is 19.1. The van der Waals surface area contributed by atoms with Crippen molar-refractivity contribution >= 4 is 12.0 Å². The molecule has 2 N–H and O–H groups in total. The van der Waals surface area contributed by atoms with Gasteiger partial charge in [0.05, 0.1) is 0 Å². The van der Waals surface area contributed by atoms with Crippen LogP contribution in [0.4, 0.5) is 9.18 Å². The third-order valence-corrected chi connectivity index (χ3v) is 2.42. The maximum absolute atomic E-state index is 12.7. The number of carbonyl (C=O) groups excluding carboxylic acids is 2. The topological polar surface area (TPSA) is 67.4 Å². The van der Waals surface area contributed by atoms with Gasteiger partial charge in [-0.25, -0.2) is 9.18 Å². The van der Waals surface area contributed by atoms with Crippen LogP contribution in [-0.2, 0) is 16.1 Å². The Morgan fingerprint density at radius 3 is 2.33 bits per heavy atom. The minimum atomic E-state index is -0.561. The Labute approximate surface area is 123 Å². The molecule has 0 bridgehead atoms. The molecular formula is C15H21FN2O3. The predicted octanol–water partition coefficient (Wildman–Crippen LogP) is 2.36. The molecule has 0 aliphatic carbocycles. The highest BCUT2D eigenvalue weighted by Gasteiger charge is 2.15. The van der Waals surface area contributed by atoms with Crippen LogP contribution in [0, 0.1) is 5.82 Å². The number of nitrogens with one attached hydrogen (secondary N) is 2. The lowest BCUT2D eigenvalue weighted by Gasteiger charge is -2.19. The molecule has 1 aromatic rings. The summed E-state index contributed by atoms with van der Waals surface area (Å²) in [7, 11) is 0. The molecule has 0 heterocycles. The van der Waals surface area contributed by atoms with E-state index < -0.39 is 11.7 Å². The van der Waals surface area contributed by atoms with Gasteiger partial charge in [-0.15, -0.1) is 0 Å². The number of amides is 2. The van der Waals surface area contributed by atoms with Crippen molar-refractivity contribution in [1.82, 2.24) is 10.6 Å². The summed E-state index contributed by atoms with van der Waals surface area (Å²) in [5.41, 5.74) is 0.249. The summed E-state index contributed by atoms with van der Waals surface area (Å²) in [5, 5.41) is 5.19. The molecule has 1 rings (SSSR count). The van der Waals surface area contributed by atoms with Crippen molar-refractivity contribution in [3.63, 3.8) is 0 Å². The highest BCUT2D eigenvalue weighted by molar-refractivity contribution is 5.77. The molecule has 0 fully saturated rings. The van der Waals surface area contributed by atoms with Gasteiger partial charge >= 0.3 is 6.09 Å². The molecule has 6 heteroatoms. The molecule has 116 valence electrons. The van der Waals surface area contributed by atoms with Crippen molar-refractivity contribution in [2.45, 2.75) is 39.3 Å². The summed E-state index contributed by atoms with van der Waals surface area (Å²) in [6, 6.07) is 5.89. The SMILES string of the molecule is CC(C)(C)OC(=O)NCCC(=O)NCc1ccc(F)cc1. The predicted molar refractivity (Wildman–Crippen MR) is 77.1 cm³/mol. The second-order valence-corrected chi connectivity index (χ2v) is 5.58. The van der Waals surface area contributed by atoms with Crippen LogP contribution in [0.15, 0.2) is 24.3 Å². The number of hydrogen-bond acceptors (Lipinski definition) is 3. The molecule has 0 atom stereocenters. The fourth-order valence-electron chi connectivity index (χ4n) is 1.48. The summed E-state index contributed by atoms with van der Waals surface area (Å²) < 4.78 is 17.7. The van der Waals surface area contributed by atoms with E-state index in [1.165, 1.54) is 12.1 Å². The summed E-state index contributed by atoms with van der Waals surface area (Å²) in [6.07, 6.45) is -0.394. The van der Waals surface area contributed by atoms with Crippen LogP contribution in [0.25, 0.3) is 0 Å². The quantitative estimate of drug-likeness (QED) is 0.876. The van der Waals surface area contributed by atoms with Crippen molar-refractivity contribution in [3.8, 4) is 0 Å². The smallest absolute Gasteiger partial charge is 0.407 e. The molecule has 5 nitrogen and oxygen atoms in total. The third kappa shape index (κ3) is 7.91. The van der Waals surface area contributed by atoms with Gasteiger partial charge in [-0.1, -0.05) is 12.1 Å². The number of carbonyl (C=O) groups is 2. The molecule has 0 saturated carbocycles. The number of rotatable bonds is 5. The van der Waals surface area contributed by atoms with Crippen LogP contribution >= 0.6 is 0 Å². The van der Waals surface area contributed by atoms with E-state index >= 15 is 0 Å². The van der Waals surface area contributed by atoms with Crippen LogP contribution < -0.4 is 10.6 Å². The number of halogens is 1. The molecule has 0 aliphatic heterocycles. The molecule has 0 spiro atoms. The van der Waals surface area contributed by atoms with Gasteiger partial charge in [0, 0.05) is 19.5 Å². The second kappa shape index (κ2) is 7.61. The molecule has 1 aromatic carbocycles. The Balaban J connectivity index is 2.19. The lowest BCUT2D eigenvalue weighted by Crippen LogP contribution is -2.35. The van der Waals surface area contributed by atoms with E-state index in [4.69, 9.17) is 4.74 Å². The molecule has 21 heavy (non-hydrogen) atoms. The van der Waals surface area contributed by atoms with Crippen LogP contribution in [-0.4, -0.2) is 24.1 Å². The van der Waals surface area contributed by atoms with Gasteiger partial charge in [0.2, 0.25) is 5.91 Å². The zero-order valence-electron chi connectivity index (χ0n) is 12.5. The highest BCUT2D eigenvalue weighted by Crippen LogP contribution is 2.06. The zero-order valence-corrected chi connectivity index (χ0v) is 12.5. The number of alkyl carbamates (subject to hydrolysis) is 1. The normalized spacial score (nSPS) is 10.9. The number of hydrogen-bond donors (Lipinski definition) is 2. The molecular weight excluding hydrogens is 275 g/mol. The van der Waals surface area contributed by atoms with Crippen LogP contribution in [0.2, 0.25) is 0 Å². The van der Waals surface area contributed by atoms with Crippen LogP contribution in [0.1, 0.15) is 32.8 Å². The van der Waals surface area contributed by atoms with Gasteiger partial charge in [0.1, 0.15) is 11.4 Å². The Kier molecular flexibility index (Phi) is 6.14. The average Bonchev–Trinajstić information content (AvgIpc) is 2.36. The Morgan fingerprint density at radius 2 is 1.76 bits per heavy atom. The molecule has 0 aliphatic rings. The standard InChI is InChI=1S/C15H21FN2O3/c1-15(2,3)21-14(20)17-9-8-13(19)18-10-11-4-6-12(16)7-5-11/h4-7H,8-10H2,1-3H3,(H,17,20)(H,18,19). The van der Waals surface area contributed by atoms with Gasteiger partial charge in [0.25, 0.3) is 0 Å². The fourth-order valence-corrected chi connectivity index (χ4v) is 1.48. The first-order valence-electron chi connectivity index (χ1n) is 6.74. The maximum atomic E-state index is 12.7. The van der Waals surface area contributed by atoms with Crippen molar-refractivity contribution in [3.05, 3.63) is 35.6 Å². The fraction of sp³-hybridized carbons (Fsp3) is 0.467. The summed E-state index contributed by atoms with van der Waals surface area (Å²) in [6.45, 7) is 5.82. The Hall–Kier alpha value is -2.11. The molecule has 2 amide bonds. The minimum absolute atomic E-state index is 0.153. The first-order valence-corrected chi connectivity index (χ1v) is 6.74. The van der Waals surface area contributed by atoms with Gasteiger partial charge in [-0.2, -0.15) is 0 Å². The average molecular weight is 296 g/mol. The van der Waals surface area contributed by atoms with E-state index in [0.717, 1.165) is 5.56 Å². The third-order valence-electron chi connectivity index (χ3n) is 2.42. The number of ether oxygens (including phenoxy) is 1. The van der Waals surface area contributed by atoms with Gasteiger partial charge in [0.15, 0.2) is 0 Å². The lowest BCUT2D eigenvalue weighted by atomic mass is 10.2. The van der Waals surface area contributed by atoms with Crippen molar-refractivity contribution in [2.24, 2.45) is 0 Å². The monoisotopic (exact) mass is 296 g/mol. The second-order valence-electron chi connectivity index (χ2n) is 5.58. The minimum Gasteiger partial charge on any atom is -0.444 e. The first-order chi connectivity index (χ1) is 9.76. The Morgan fingerprint density at radius 1 is 1.14 bits per heavy atom. The molecule has 0 unspecified atom stereocenters. The largest absolute Gasteiger partial charge is 0.444 e. The number of benzene rings is 1. The van der Waals surface area contributed by atoms with E-state index in [1.54, 1.807) is 32.9 Å². The lowest BCUT2D eigenvalue weighted by molar-refractivity contribution is -0.121. The Bertz CT molecular complexity index is 481. The van der Waals surface area contributed by atoms with Crippen LogP contribution in [0.3, 0.4) is 0 Å². The van der Waals surface area contributed by atoms with E-state index in [0.29, 0.717) is 6.54 Å². The van der Waals surface area contributed by atoms with E-state index in [-0.39, 0.29) is 24.7 Å². The van der Waals surface area contributed by atoms with Gasteiger partial charge in [-0.05, 0) is 38.5 Å². The maximum Gasteiger partial charge on any atom is 0.407 e. The summed E-state index contributed by atoms with van der Waals surface area (Å²) in [5.74, 6) is -0.512. The van der Waals surface area contributed by atoms with Crippen molar-refractivity contribution in [2.75, 3.05) is 6.54 Å². The molecule has 0 radical (unpaired) electrons. The van der Waals surface area contributed by atoms with Crippen LogP contribution in [0.5, 0.6) is 0 Å². The van der Waals surface area contributed by atoms with E-state index in [9.17, 15) is 14.0 Å². The summed E-state index contributed by atoms with van der Waals surface area (Å²) in [4.78, 5) is 22.9. The van der Waals surface area contributed by atoms with E-state index in [1.807, 2.05) is 0 Å². The molecule has 0 saturated heterocycles.